The predicted octanol–water partition coefficient (Wildman–Crippen LogP) is 5.65. The normalized spacial score (nSPS) is 20.8. The second-order valence-electron chi connectivity index (χ2n) is 11.3. The van der Waals surface area contributed by atoms with Crippen molar-refractivity contribution in [2.45, 2.75) is 62.3 Å². The fourth-order valence-electron chi connectivity index (χ4n) is 6.20. The summed E-state index contributed by atoms with van der Waals surface area (Å²) in [6, 6.07) is 16.0. The van der Waals surface area contributed by atoms with Crippen molar-refractivity contribution >= 4 is 39.1 Å². The molecule has 2 aliphatic rings. The highest BCUT2D eigenvalue weighted by Gasteiger charge is 2.32. The molecule has 1 heterocycles. The van der Waals surface area contributed by atoms with Gasteiger partial charge >= 0.3 is 0 Å². The van der Waals surface area contributed by atoms with Crippen molar-refractivity contribution in [2.24, 2.45) is 11.8 Å². The van der Waals surface area contributed by atoms with E-state index in [4.69, 9.17) is 27.9 Å². The average molecular weight is 625 g/mol. The largest absolute Gasteiger partial charge is 0.370 e. The molecule has 7 nitrogen and oxygen atoms in total. The van der Waals surface area contributed by atoms with Crippen LogP contribution in [0, 0.1) is 11.8 Å². The van der Waals surface area contributed by atoms with Gasteiger partial charge in [0.25, 0.3) is 0 Å². The lowest BCUT2D eigenvalue weighted by molar-refractivity contribution is -0.126. The van der Waals surface area contributed by atoms with Crippen LogP contribution in [0.15, 0.2) is 53.4 Å². The standard InChI is InChI=1S/C31H43Cl2N3O4S/c1-35(41(38,39)31-27(32)10-7-11-28(31)33)20-21-40-23-30(37)34-22-25-12-15-26(16-13-25)29(36-18-5-6-19-36)17-14-24-8-3-2-4-9-24/h2-4,7-11,25-26,29H,5-6,12-23H2,1H3,(H,34,37). The summed E-state index contributed by atoms with van der Waals surface area (Å²) in [5, 5.41) is 3.15. The number of hydrogen-bond acceptors (Lipinski definition) is 5. The van der Waals surface area contributed by atoms with Crippen LogP contribution >= 0.6 is 23.2 Å². The first-order chi connectivity index (χ1) is 19.8. The lowest BCUT2D eigenvalue weighted by atomic mass is 9.76. The van der Waals surface area contributed by atoms with Gasteiger partial charge in [0, 0.05) is 26.2 Å². The highest BCUT2D eigenvalue weighted by Crippen LogP contribution is 2.35. The van der Waals surface area contributed by atoms with Crippen LogP contribution in [0.1, 0.15) is 50.5 Å². The number of carbonyl (C=O) groups is 1. The van der Waals surface area contributed by atoms with Crippen LogP contribution < -0.4 is 5.32 Å². The Balaban J connectivity index is 1.15. The van der Waals surface area contributed by atoms with E-state index in [9.17, 15) is 13.2 Å². The molecule has 2 aromatic rings. The third-order valence-electron chi connectivity index (χ3n) is 8.58. The SMILES string of the molecule is CN(CCOCC(=O)NCC1CCC(C(CCc2ccccc2)N2CCCC2)CC1)S(=O)(=O)c1c(Cl)cccc1Cl. The number of benzene rings is 2. The average Bonchev–Trinajstić information content (AvgIpc) is 3.50. The van der Waals surface area contributed by atoms with Gasteiger partial charge in [-0.2, -0.15) is 4.31 Å². The maximum Gasteiger partial charge on any atom is 0.246 e. The fourth-order valence-corrected chi connectivity index (χ4v) is 8.44. The van der Waals surface area contributed by atoms with E-state index < -0.39 is 10.0 Å². The zero-order chi connectivity index (χ0) is 29.2. The maximum atomic E-state index is 12.8. The summed E-state index contributed by atoms with van der Waals surface area (Å²) in [6.45, 7) is 3.16. The van der Waals surface area contributed by atoms with E-state index >= 15 is 0 Å². The number of rotatable bonds is 14. The van der Waals surface area contributed by atoms with Crippen LogP contribution in [-0.2, 0) is 26.0 Å². The van der Waals surface area contributed by atoms with Gasteiger partial charge in [0.05, 0.1) is 16.7 Å². The number of sulfonamides is 1. The van der Waals surface area contributed by atoms with Crippen LogP contribution in [0.5, 0.6) is 0 Å². The van der Waals surface area contributed by atoms with Crippen molar-refractivity contribution in [3.63, 3.8) is 0 Å². The van der Waals surface area contributed by atoms with Gasteiger partial charge in [0.1, 0.15) is 11.5 Å². The van der Waals surface area contributed by atoms with E-state index in [2.05, 4.69) is 40.5 Å². The molecule has 2 fully saturated rings. The number of likely N-dealkylation sites (N-methyl/N-ethyl adjacent to an activating group) is 1. The quantitative estimate of drug-likeness (QED) is 0.275. The molecule has 0 aromatic heterocycles. The monoisotopic (exact) mass is 623 g/mol. The van der Waals surface area contributed by atoms with E-state index in [0.717, 1.165) is 29.5 Å². The van der Waals surface area contributed by atoms with Crippen LogP contribution in [0.25, 0.3) is 0 Å². The molecule has 10 heteroatoms. The summed E-state index contributed by atoms with van der Waals surface area (Å²) in [5.74, 6) is 1.03. The Bertz CT molecular complexity index is 1200. The molecule has 1 saturated carbocycles. The highest BCUT2D eigenvalue weighted by atomic mass is 35.5. The zero-order valence-corrected chi connectivity index (χ0v) is 26.3. The van der Waals surface area contributed by atoms with E-state index in [1.807, 2.05) is 0 Å². The van der Waals surface area contributed by atoms with E-state index in [-0.39, 0.29) is 40.6 Å². The van der Waals surface area contributed by atoms with Crippen molar-refractivity contribution in [3.05, 3.63) is 64.1 Å². The smallest absolute Gasteiger partial charge is 0.246 e. The Morgan fingerprint density at radius 3 is 2.34 bits per heavy atom. The maximum absolute atomic E-state index is 12.8. The number of likely N-dealkylation sites (tertiary alicyclic amines) is 1. The first-order valence-corrected chi connectivity index (χ1v) is 17.0. The Labute approximate surface area is 255 Å². The molecule has 0 radical (unpaired) electrons. The van der Waals surface area contributed by atoms with Gasteiger partial charge < -0.3 is 15.0 Å². The molecule has 1 N–H and O–H groups in total. The first-order valence-electron chi connectivity index (χ1n) is 14.8. The predicted molar refractivity (Wildman–Crippen MR) is 165 cm³/mol. The Hall–Kier alpha value is -1.68. The third kappa shape index (κ3) is 9.15. The minimum atomic E-state index is -3.87. The second-order valence-corrected chi connectivity index (χ2v) is 14.1. The Morgan fingerprint density at radius 2 is 1.68 bits per heavy atom. The molecule has 1 atom stereocenters. The number of amides is 1. The fraction of sp³-hybridized carbons (Fsp3) is 0.581. The molecule has 4 rings (SSSR count). The van der Waals surface area contributed by atoms with Crippen molar-refractivity contribution in [2.75, 3.05) is 46.4 Å². The van der Waals surface area contributed by atoms with Crippen molar-refractivity contribution in [3.8, 4) is 0 Å². The van der Waals surface area contributed by atoms with Gasteiger partial charge in [-0.3, -0.25) is 4.79 Å². The lowest BCUT2D eigenvalue weighted by Crippen LogP contribution is -2.42. The number of nitrogens with zero attached hydrogens (tertiary/aromatic N) is 2. The number of ether oxygens (including phenoxy) is 1. The molecule has 0 spiro atoms. The van der Waals surface area contributed by atoms with Gasteiger partial charge in [0.15, 0.2) is 0 Å². The van der Waals surface area contributed by atoms with E-state index in [1.165, 1.54) is 69.9 Å². The van der Waals surface area contributed by atoms with Gasteiger partial charge in [-0.05, 0) is 94.0 Å². The minimum Gasteiger partial charge on any atom is -0.370 e. The first kappa shape index (κ1) is 32.2. The summed E-state index contributed by atoms with van der Waals surface area (Å²) < 4.78 is 32.3. The summed E-state index contributed by atoms with van der Waals surface area (Å²) in [5.41, 5.74) is 1.42. The number of nitrogens with one attached hydrogen (secondary N) is 1. The van der Waals surface area contributed by atoms with E-state index in [1.54, 1.807) is 6.07 Å². The number of hydrogen-bond donors (Lipinski definition) is 1. The minimum absolute atomic E-state index is 0.0671. The third-order valence-corrected chi connectivity index (χ3v) is 11.4. The van der Waals surface area contributed by atoms with Crippen molar-refractivity contribution in [1.82, 2.24) is 14.5 Å². The topological polar surface area (TPSA) is 79.0 Å². The van der Waals surface area contributed by atoms with Crippen LogP contribution in [0.4, 0.5) is 0 Å². The lowest BCUT2D eigenvalue weighted by Gasteiger charge is -2.39. The van der Waals surface area contributed by atoms with E-state index in [0.29, 0.717) is 18.5 Å². The molecule has 41 heavy (non-hydrogen) atoms. The highest BCUT2D eigenvalue weighted by molar-refractivity contribution is 7.89. The molecule has 2 aromatic carbocycles. The summed E-state index contributed by atoms with van der Waals surface area (Å²) >= 11 is 12.1. The van der Waals surface area contributed by atoms with Crippen LogP contribution in [-0.4, -0.2) is 76.0 Å². The van der Waals surface area contributed by atoms with Gasteiger partial charge in [-0.15, -0.1) is 0 Å². The van der Waals surface area contributed by atoms with Gasteiger partial charge in [0.2, 0.25) is 15.9 Å². The molecular weight excluding hydrogens is 581 g/mol. The van der Waals surface area contributed by atoms with Crippen LogP contribution in [0.2, 0.25) is 10.0 Å². The molecule has 1 aliphatic carbocycles. The zero-order valence-electron chi connectivity index (χ0n) is 23.9. The molecular formula is C31H43Cl2N3O4S. The van der Waals surface area contributed by atoms with Gasteiger partial charge in [-0.1, -0.05) is 59.6 Å². The molecule has 226 valence electrons. The molecule has 1 amide bonds. The number of halogens is 2. The van der Waals surface area contributed by atoms with Crippen LogP contribution in [0.3, 0.4) is 0 Å². The van der Waals surface area contributed by atoms with Crippen molar-refractivity contribution in [1.29, 1.82) is 0 Å². The Kier molecular flexibility index (Phi) is 12.3. The Morgan fingerprint density at radius 1 is 1.02 bits per heavy atom. The summed E-state index contributed by atoms with van der Waals surface area (Å²) in [4.78, 5) is 15.0. The summed E-state index contributed by atoms with van der Waals surface area (Å²) in [6.07, 6.45) is 9.67. The summed E-state index contributed by atoms with van der Waals surface area (Å²) in [7, 11) is -2.44. The van der Waals surface area contributed by atoms with Crippen molar-refractivity contribution < 1.29 is 17.9 Å². The number of aryl methyl sites for hydroxylation is 1. The molecule has 1 unspecified atom stereocenters. The molecule has 0 bridgehead atoms. The molecule has 1 saturated heterocycles. The second kappa shape index (κ2) is 15.7. The molecule has 1 aliphatic heterocycles. The number of carbonyl (C=O) groups excluding carboxylic acids is 1. The van der Waals surface area contributed by atoms with Gasteiger partial charge in [-0.25, -0.2) is 8.42 Å².